The molecule has 0 amide bonds. The smallest absolute Gasteiger partial charge is 0.126 e. The molecule has 3 N–H and O–H groups in total. The summed E-state index contributed by atoms with van der Waals surface area (Å²) in [4.78, 5) is 7.92. The Balaban J connectivity index is 2.24. The molecule has 0 aromatic carbocycles. The topological polar surface area (TPSA) is 66.0 Å². The third kappa shape index (κ3) is 3.17. The zero-order chi connectivity index (χ0) is 14.7. The van der Waals surface area contributed by atoms with Crippen molar-refractivity contribution in [2.24, 2.45) is 5.73 Å². The Morgan fingerprint density at radius 2 is 2.20 bits per heavy atom. The molecule has 0 unspecified atom stereocenters. The van der Waals surface area contributed by atoms with E-state index in [-0.39, 0.29) is 5.84 Å². The summed E-state index contributed by atoms with van der Waals surface area (Å²) in [6.45, 7) is 4.76. The van der Waals surface area contributed by atoms with Crippen LogP contribution in [0.2, 0.25) is 0 Å². The Morgan fingerprint density at radius 1 is 1.45 bits per heavy atom. The van der Waals surface area contributed by atoms with Crippen molar-refractivity contribution in [3.8, 4) is 0 Å². The highest BCUT2D eigenvalue weighted by atomic mass is 32.1. The molecular formula is C15H20N4S. The number of rotatable bonds is 5. The van der Waals surface area contributed by atoms with Crippen LogP contribution in [0.3, 0.4) is 0 Å². The number of hydrogen-bond acceptors (Lipinski definition) is 4. The maximum absolute atomic E-state index is 7.77. The first-order chi connectivity index (χ1) is 9.49. The van der Waals surface area contributed by atoms with Crippen molar-refractivity contribution in [1.82, 2.24) is 4.98 Å². The minimum Gasteiger partial charge on any atom is -0.384 e. The number of nitrogens with one attached hydrogen (secondary N) is 1. The third-order valence-corrected chi connectivity index (χ3v) is 4.20. The van der Waals surface area contributed by atoms with Crippen LogP contribution in [0.5, 0.6) is 0 Å². The second-order valence-corrected chi connectivity index (χ2v) is 5.94. The lowest BCUT2D eigenvalue weighted by atomic mass is 10.1. The van der Waals surface area contributed by atoms with Crippen LogP contribution in [0.4, 0.5) is 5.69 Å². The highest BCUT2D eigenvalue weighted by molar-refractivity contribution is 7.09. The van der Waals surface area contributed by atoms with Crippen molar-refractivity contribution in [3.63, 3.8) is 0 Å². The van der Waals surface area contributed by atoms with Gasteiger partial charge in [-0.05, 0) is 37.8 Å². The molecule has 2 rings (SSSR count). The fourth-order valence-corrected chi connectivity index (χ4v) is 2.99. The number of likely N-dealkylation sites (N-methyl/N-ethyl adjacent to an activating group) is 1. The summed E-state index contributed by atoms with van der Waals surface area (Å²) in [7, 11) is 2.04. The van der Waals surface area contributed by atoms with Crippen molar-refractivity contribution in [2.45, 2.75) is 20.3 Å². The van der Waals surface area contributed by atoms with Gasteiger partial charge in [0.1, 0.15) is 5.84 Å². The number of pyridine rings is 1. The molecule has 0 aliphatic heterocycles. The summed E-state index contributed by atoms with van der Waals surface area (Å²) in [5.74, 6) is 0.0768. The van der Waals surface area contributed by atoms with E-state index in [2.05, 4.69) is 27.4 Å². The van der Waals surface area contributed by atoms with Gasteiger partial charge in [-0.1, -0.05) is 6.07 Å². The maximum atomic E-state index is 7.77. The van der Waals surface area contributed by atoms with Crippen LogP contribution in [-0.4, -0.2) is 24.4 Å². The molecule has 0 aliphatic rings. The second kappa shape index (κ2) is 6.05. The number of nitrogens with two attached hydrogens (primary N) is 1. The van der Waals surface area contributed by atoms with Crippen molar-refractivity contribution in [2.75, 3.05) is 18.5 Å². The molecule has 0 bridgehead atoms. The summed E-state index contributed by atoms with van der Waals surface area (Å²) in [5, 5.41) is 9.86. The van der Waals surface area contributed by atoms with Crippen molar-refractivity contribution >= 4 is 22.9 Å². The van der Waals surface area contributed by atoms with Crippen molar-refractivity contribution < 1.29 is 0 Å². The number of aryl methyl sites for hydroxylation is 2. The largest absolute Gasteiger partial charge is 0.384 e. The van der Waals surface area contributed by atoms with Gasteiger partial charge in [0, 0.05) is 24.2 Å². The third-order valence-electron chi connectivity index (χ3n) is 3.26. The van der Waals surface area contributed by atoms with Gasteiger partial charge in [0.15, 0.2) is 0 Å². The van der Waals surface area contributed by atoms with E-state index in [1.54, 1.807) is 11.3 Å². The van der Waals surface area contributed by atoms with E-state index in [0.717, 1.165) is 35.6 Å². The second-order valence-electron chi connectivity index (χ2n) is 4.91. The van der Waals surface area contributed by atoms with Gasteiger partial charge in [0.25, 0.3) is 0 Å². The average Bonchev–Trinajstić information content (AvgIpc) is 2.87. The SMILES string of the molecule is Cc1cc(N(C)CCc2cccs2)c(C(=N)N)c(C)n1. The summed E-state index contributed by atoms with van der Waals surface area (Å²) >= 11 is 1.77. The summed E-state index contributed by atoms with van der Waals surface area (Å²) < 4.78 is 0. The molecular weight excluding hydrogens is 268 g/mol. The van der Waals surface area contributed by atoms with Crippen LogP contribution in [0.1, 0.15) is 21.8 Å². The van der Waals surface area contributed by atoms with Gasteiger partial charge in [-0.3, -0.25) is 10.4 Å². The van der Waals surface area contributed by atoms with E-state index in [0.29, 0.717) is 0 Å². The van der Waals surface area contributed by atoms with Crippen molar-refractivity contribution in [3.05, 3.63) is 45.4 Å². The molecule has 0 aliphatic carbocycles. The van der Waals surface area contributed by atoms with Gasteiger partial charge >= 0.3 is 0 Å². The number of anilines is 1. The monoisotopic (exact) mass is 288 g/mol. The van der Waals surface area contributed by atoms with Gasteiger partial charge in [-0.25, -0.2) is 0 Å². The maximum Gasteiger partial charge on any atom is 0.126 e. The molecule has 5 heteroatoms. The summed E-state index contributed by atoms with van der Waals surface area (Å²) in [5.41, 5.74) is 9.20. The first kappa shape index (κ1) is 14.5. The molecule has 0 saturated heterocycles. The fraction of sp³-hybridized carbons (Fsp3) is 0.333. The Kier molecular flexibility index (Phi) is 4.39. The number of aromatic nitrogens is 1. The number of hydrogen-bond donors (Lipinski definition) is 2. The summed E-state index contributed by atoms with van der Waals surface area (Å²) in [6.07, 6.45) is 0.992. The molecule has 0 spiro atoms. The van der Waals surface area contributed by atoms with Crippen molar-refractivity contribution in [1.29, 1.82) is 5.41 Å². The quantitative estimate of drug-likeness (QED) is 0.656. The Morgan fingerprint density at radius 3 is 2.80 bits per heavy atom. The molecule has 106 valence electrons. The minimum absolute atomic E-state index is 0.0768. The fourth-order valence-electron chi connectivity index (χ4n) is 2.30. The Labute approximate surface area is 123 Å². The van der Waals surface area contributed by atoms with Gasteiger partial charge < -0.3 is 10.6 Å². The van der Waals surface area contributed by atoms with E-state index in [1.807, 2.05) is 27.0 Å². The van der Waals surface area contributed by atoms with Crippen LogP contribution in [0.25, 0.3) is 0 Å². The number of thiophene rings is 1. The van der Waals surface area contributed by atoms with Crippen LogP contribution in [-0.2, 0) is 6.42 Å². The van der Waals surface area contributed by atoms with Gasteiger partial charge in [0.05, 0.1) is 16.9 Å². The first-order valence-corrected chi connectivity index (χ1v) is 7.43. The Hall–Kier alpha value is -1.88. The Bertz CT molecular complexity index is 605. The highest BCUT2D eigenvalue weighted by Crippen LogP contribution is 2.23. The number of nitrogens with zero attached hydrogens (tertiary/aromatic N) is 2. The molecule has 0 saturated carbocycles. The lowest BCUT2D eigenvalue weighted by Gasteiger charge is -2.23. The van der Waals surface area contributed by atoms with Crippen LogP contribution >= 0.6 is 11.3 Å². The lowest BCUT2D eigenvalue weighted by molar-refractivity contribution is 0.880. The van der Waals surface area contributed by atoms with E-state index < -0.39 is 0 Å². The lowest BCUT2D eigenvalue weighted by Crippen LogP contribution is -2.25. The molecule has 0 fully saturated rings. The number of amidine groups is 1. The molecule has 2 heterocycles. The standard InChI is InChI=1S/C15H20N4S/c1-10-9-13(14(15(16)17)11(2)18-10)19(3)7-6-12-5-4-8-20-12/h4-5,8-9H,6-7H2,1-3H3,(H3,16,17). The van der Waals surface area contributed by atoms with Gasteiger partial charge in [0.2, 0.25) is 0 Å². The predicted molar refractivity (Wildman–Crippen MR) is 86.0 cm³/mol. The van der Waals surface area contributed by atoms with Crippen LogP contribution in [0, 0.1) is 19.3 Å². The van der Waals surface area contributed by atoms with Crippen LogP contribution in [0.15, 0.2) is 23.6 Å². The molecule has 20 heavy (non-hydrogen) atoms. The molecule has 0 atom stereocenters. The van der Waals surface area contributed by atoms with E-state index in [1.165, 1.54) is 4.88 Å². The van der Waals surface area contributed by atoms with E-state index in [4.69, 9.17) is 11.1 Å². The molecule has 2 aromatic rings. The highest BCUT2D eigenvalue weighted by Gasteiger charge is 2.14. The average molecular weight is 288 g/mol. The molecule has 2 aromatic heterocycles. The number of nitrogen functional groups attached to an aromatic ring is 1. The molecule has 4 nitrogen and oxygen atoms in total. The zero-order valence-corrected chi connectivity index (χ0v) is 12.9. The summed E-state index contributed by atoms with van der Waals surface area (Å²) in [6, 6.07) is 6.22. The van der Waals surface area contributed by atoms with E-state index >= 15 is 0 Å². The minimum atomic E-state index is 0.0768. The molecule has 0 radical (unpaired) electrons. The zero-order valence-electron chi connectivity index (χ0n) is 12.1. The van der Waals surface area contributed by atoms with E-state index in [9.17, 15) is 0 Å². The predicted octanol–water partition coefficient (Wildman–Crippen LogP) is 2.72. The first-order valence-electron chi connectivity index (χ1n) is 6.55. The normalized spacial score (nSPS) is 10.6. The van der Waals surface area contributed by atoms with Crippen LogP contribution < -0.4 is 10.6 Å². The van der Waals surface area contributed by atoms with Gasteiger partial charge in [-0.15, -0.1) is 11.3 Å². The van der Waals surface area contributed by atoms with Gasteiger partial charge in [-0.2, -0.15) is 0 Å².